The summed E-state index contributed by atoms with van der Waals surface area (Å²) in [6.07, 6.45) is 0.701. The summed E-state index contributed by atoms with van der Waals surface area (Å²) in [5, 5.41) is 8.42. The summed E-state index contributed by atoms with van der Waals surface area (Å²) in [4.78, 5) is 20.4. The standard InChI is InChI=1S/C6H4O3Se/c7-3-4-1-2-5(10-4)6(8)9/h1-3H,(H,8,9). The van der Waals surface area contributed by atoms with E-state index in [1.54, 1.807) is 6.07 Å². The van der Waals surface area contributed by atoms with Crippen molar-refractivity contribution in [2.75, 3.05) is 0 Å². The fourth-order valence-corrected chi connectivity index (χ4v) is 1.92. The van der Waals surface area contributed by atoms with Crippen LogP contribution in [0.15, 0.2) is 12.1 Å². The molecule has 0 aliphatic heterocycles. The van der Waals surface area contributed by atoms with E-state index in [9.17, 15) is 9.59 Å². The molecule has 0 aromatic carbocycles. The van der Waals surface area contributed by atoms with E-state index in [0.29, 0.717) is 15.2 Å². The van der Waals surface area contributed by atoms with E-state index in [1.807, 2.05) is 0 Å². The Morgan fingerprint density at radius 2 is 2.30 bits per heavy atom. The van der Waals surface area contributed by atoms with Gasteiger partial charge in [0.15, 0.2) is 0 Å². The second kappa shape index (κ2) is 2.82. The molecule has 0 fully saturated rings. The number of hydrogen-bond donors (Lipinski definition) is 1. The number of carboxylic acid groups (broad SMARTS) is 1. The predicted octanol–water partition coefficient (Wildman–Crippen LogP) is 0.254. The normalized spacial score (nSPS) is 9.20. The van der Waals surface area contributed by atoms with Crippen LogP contribution >= 0.6 is 0 Å². The molecule has 0 amide bonds. The molecule has 1 aromatic rings. The Hall–Kier alpha value is -0.861. The molecule has 0 saturated carbocycles. The van der Waals surface area contributed by atoms with Crippen LogP contribution in [0.2, 0.25) is 0 Å². The van der Waals surface area contributed by atoms with Gasteiger partial charge in [0, 0.05) is 0 Å². The van der Waals surface area contributed by atoms with Gasteiger partial charge in [-0.15, -0.1) is 0 Å². The fourth-order valence-electron chi connectivity index (χ4n) is 0.531. The van der Waals surface area contributed by atoms with Crippen molar-refractivity contribution in [3.8, 4) is 0 Å². The van der Waals surface area contributed by atoms with Gasteiger partial charge >= 0.3 is 62.5 Å². The number of carbonyl (C=O) groups is 2. The molecule has 0 aliphatic rings. The number of rotatable bonds is 2. The number of hydrogen-bond acceptors (Lipinski definition) is 2. The Kier molecular flexibility index (Phi) is 2.04. The van der Waals surface area contributed by atoms with Gasteiger partial charge in [0.1, 0.15) is 0 Å². The molecule has 1 rings (SSSR count). The molecule has 4 heteroatoms. The Balaban J connectivity index is 2.98. The maximum atomic E-state index is 10.3. The van der Waals surface area contributed by atoms with Crippen molar-refractivity contribution >= 4 is 26.8 Å². The third kappa shape index (κ3) is 1.35. The van der Waals surface area contributed by atoms with Crippen LogP contribution in [0.5, 0.6) is 0 Å². The van der Waals surface area contributed by atoms with Crippen molar-refractivity contribution in [2.24, 2.45) is 0 Å². The Bertz CT molecular complexity index is 264. The van der Waals surface area contributed by atoms with Crippen molar-refractivity contribution in [1.29, 1.82) is 0 Å². The summed E-state index contributed by atoms with van der Waals surface area (Å²) in [6.45, 7) is 0. The molecule has 3 nitrogen and oxygen atoms in total. The van der Waals surface area contributed by atoms with Gasteiger partial charge in [-0.3, -0.25) is 0 Å². The van der Waals surface area contributed by atoms with Crippen molar-refractivity contribution in [3.05, 3.63) is 21.0 Å². The van der Waals surface area contributed by atoms with Crippen LogP contribution in [0.1, 0.15) is 18.5 Å². The molecule has 0 radical (unpaired) electrons. The molecule has 0 aliphatic carbocycles. The van der Waals surface area contributed by atoms with E-state index in [0.717, 1.165) is 0 Å². The first-order valence-corrected chi connectivity index (χ1v) is 4.23. The molecule has 10 heavy (non-hydrogen) atoms. The van der Waals surface area contributed by atoms with E-state index in [2.05, 4.69) is 0 Å². The first-order valence-electron chi connectivity index (χ1n) is 2.52. The van der Waals surface area contributed by atoms with Crippen LogP contribution in [0.3, 0.4) is 0 Å². The molecule has 0 atom stereocenters. The quantitative estimate of drug-likeness (QED) is 0.553. The molecule has 1 aromatic heterocycles. The maximum absolute atomic E-state index is 10.3. The molecule has 0 saturated heterocycles. The SMILES string of the molecule is O=Cc1ccc(C(=O)O)[se]1. The number of carbonyl (C=O) groups excluding carboxylic acids is 1. The zero-order valence-electron chi connectivity index (χ0n) is 4.90. The van der Waals surface area contributed by atoms with Crippen LogP contribution in [-0.4, -0.2) is 31.9 Å². The number of aldehydes is 1. The van der Waals surface area contributed by atoms with Crippen molar-refractivity contribution in [2.45, 2.75) is 0 Å². The summed E-state index contributed by atoms with van der Waals surface area (Å²) in [5.41, 5.74) is 0. The van der Waals surface area contributed by atoms with Crippen LogP contribution in [-0.2, 0) is 0 Å². The topological polar surface area (TPSA) is 54.4 Å². The van der Waals surface area contributed by atoms with Gasteiger partial charge in [0.25, 0.3) is 0 Å². The minimum absolute atomic E-state index is 0.270. The van der Waals surface area contributed by atoms with Gasteiger partial charge < -0.3 is 0 Å². The Morgan fingerprint density at radius 1 is 1.60 bits per heavy atom. The van der Waals surface area contributed by atoms with E-state index in [1.165, 1.54) is 6.07 Å². The third-order valence-electron chi connectivity index (χ3n) is 0.954. The van der Waals surface area contributed by atoms with Gasteiger partial charge in [0.2, 0.25) is 0 Å². The molecule has 1 N–H and O–H groups in total. The molecule has 52 valence electrons. The average Bonchev–Trinajstić information content (AvgIpc) is 2.34. The first-order chi connectivity index (χ1) is 4.74. The van der Waals surface area contributed by atoms with E-state index in [4.69, 9.17) is 5.11 Å². The van der Waals surface area contributed by atoms with Gasteiger partial charge in [-0.2, -0.15) is 0 Å². The van der Waals surface area contributed by atoms with Crippen LogP contribution in [0, 0.1) is 0 Å². The van der Waals surface area contributed by atoms with Crippen molar-refractivity contribution in [3.63, 3.8) is 0 Å². The molecular weight excluding hydrogens is 199 g/mol. The number of aromatic carboxylic acids is 1. The van der Waals surface area contributed by atoms with Crippen molar-refractivity contribution in [1.82, 2.24) is 0 Å². The average molecular weight is 203 g/mol. The van der Waals surface area contributed by atoms with Crippen LogP contribution in [0.4, 0.5) is 0 Å². The summed E-state index contributed by atoms with van der Waals surface area (Å²) >= 11 is -0.270. The number of carboxylic acids is 1. The molecule has 0 bridgehead atoms. The Labute approximate surface area is 63.0 Å². The third-order valence-corrected chi connectivity index (χ3v) is 3.05. The summed E-state index contributed by atoms with van der Waals surface area (Å²) in [6, 6.07) is 3.03. The van der Waals surface area contributed by atoms with E-state index in [-0.39, 0.29) is 14.5 Å². The van der Waals surface area contributed by atoms with Crippen LogP contribution < -0.4 is 0 Å². The summed E-state index contributed by atoms with van der Waals surface area (Å²) in [7, 11) is 0. The zero-order chi connectivity index (χ0) is 7.56. The van der Waals surface area contributed by atoms with Gasteiger partial charge in [-0.05, 0) is 0 Å². The summed E-state index contributed by atoms with van der Waals surface area (Å²) < 4.78 is 0.930. The van der Waals surface area contributed by atoms with E-state index >= 15 is 0 Å². The van der Waals surface area contributed by atoms with Gasteiger partial charge in [0.05, 0.1) is 0 Å². The van der Waals surface area contributed by atoms with Gasteiger partial charge in [-0.25, -0.2) is 0 Å². The molecule has 1 heterocycles. The fraction of sp³-hybridized carbons (Fsp3) is 0. The summed E-state index contributed by atoms with van der Waals surface area (Å²) in [5.74, 6) is -0.923. The molecule has 0 spiro atoms. The van der Waals surface area contributed by atoms with Crippen molar-refractivity contribution < 1.29 is 14.7 Å². The monoisotopic (exact) mass is 204 g/mol. The first kappa shape index (κ1) is 7.25. The zero-order valence-corrected chi connectivity index (χ0v) is 6.62. The second-order valence-electron chi connectivity index (χ2n) is 1.63. The molecular formula is C6H4O3Se. The van der Waals surface area contributed by atoms with Crippen LogP contribution in [0.25, 0.3) is 0 Å². The predicted molar refractivity (Wildman–Crippen MR) is 35.7 cm³/mol. The minimum atomic E-state index is -0.923. The van der Waals surface area contributed by atoms with E-state index < -0.39 is 5.97 Å². The molecule has 0 unspecified atom stereocenters. The Morgan fingerprint density at radius 3 is 2.60 bits per heavy atom. The van der Waals surface area contributed by atoms with Gasteiger partial charge in [-0.1, -0.05) is 0 Å². The second-order valence-corrected chi connectivity index (χ2v) is 3.97.